The second-order valence-electron chi connectivity index (χ2n) is 7.17. The zero-order chi connectivity index (χ0) is 20.6. The quantitative estimate of drug-likeness (QED) is 0.691. The lowest BCUT2D eigenvalue weighted by molar-refractivity contribution is 0.0525. The van der Waals surface area contributed by atoms with Gasteiger partial charge in [-0.1, -0.05) is 24.3 Å². The number of piperidine rings is 1. The molecule has 2 aromatic carbocycles. The number of methoxy groups -OCH3 is 1. The van der Waals surface area contributed by atoms with Crippen molar-refractivity contribution in [2.75, 3.05) is 26.9 Å². The first-order valence-electron chi connectivity index (χ1n) is 9.93. The van der Waals surface area contributed by atoms with Crippen molar-refractivity contribution in [3.63, 3.8) is 0 Å². The zero-order valence-corrected chi connectivity index (χ0v) is 16.7. The maximum atomic E-state index is 13.3. The maximum absolute atomic E-state index is 13.3. The van der Waals surface area contributed by atoms with Gasteiger partial charge < -0.3 is 19.5 Å². The molecule has 0 saturated carbocycles. The van der Waals surface area contributed by atoms with Gasteiger partial charge in [0.25, 0.3) is 5.91 Å². The highest BCUT2D eigenvalue weighted by Gasteiger charge is 2.29. The molecule has 6 heteroatoms. The molecule has 0 bridgehead atoms. The monoisotopic (exact) mass is 397 g/mol. The van der Waals surface area contributed by atoms with Crippen LogP contribution in [0.1, 0.15) is 45.5 Å². The SMILES string of the molecule is COCCc1ccccc1C(=O)N1CCCC[C@H]1COc1cccc(O)c1C=O. The number of carbonyl (C=O) groups is 2. The largest absolute Gasteiger partial charge is 0.507 e. The fourth-order valence-electron chi connectivity index (χ4n) is 3.72. The van der Waals surface area contributed by atoms with Gasteiger partial charge in [-0.25, -0.2) is 0 Å². The van der Waals surface area contributed by atoms with Crippen molar-refractivity contribution in [1.82, 2.24) is 4.90 Å². The van der Waals surface area contributed by atoms with Crippen molar-refractivity contribution >= 4 is 12.2 Å². The summed E-state index contributed by atoms with van der Waals surface area (Å²) in [6.45, 7) is 1.51. The number of rotatable bonds is 8. The topological polar surface area (TPSA) is 76.1 Å². The Labute approximate surface area is 171 Å². The minimum absolute atomic E-state index is 0.00322. The summed E-state index contributed by atoms with van der Waals surface area (Å²) in [6.07, 6.45) is 4.07. The first kappa shape index (κ1) is 20.9. The highest BCUT2D eigenvalue weighted by molar-refractivity contribution is 5.96. The van der Waals surface area contributed by atoms with Crippen molar-refractivity contribution in [1.29, 1.82) is 0 Å². The van der Waals surface area contributed by atoms with E-state index in [1.54, 1.807) is 19.2 Å². The minimum atomic E-state index is -0.110. The molecular formula is C23H27NO5. The molecule has 1 amide bonds. The summed E-state index contributed by atoms with van der Waals surface area (Å²) in [5.74, 6) is 0.219. The van der Waals surface area contributed by atoms with Crippen molar-refractivity contribution in [2.45, 2.75) is 31.7 Å². The van der Waals surface area contributed by atoms with Crippen LogP contribution >= 0.6 is 0 Å². The number of carbonyl (C=O) groups excluding carboxylic acids is 2. The van der Waals surface area contributed by atoms with Crippen molar-refractivity contribution < 1.29 is 24.2 Å². The Morgan fingerprint density at radius 1 is 1.21 bits per heavy atom. The Balaban J connectivity index is 1.76. The van der Waals surface area contributed by atoms with E-state index in [1.165, 1.54) is 6.07 Å². The number of likely N-dealkylation sites (tertiary alicyclic amines) is 1. The van der Waals surface area contributed by atoms with Crippen LogP contribution in [-0.2, 0) is 11.2 Å². The number of hydrogen-bond acceptors (Lipinski definition) is 5. The molecule has 1 aliphatic heterocycles. The average Bonchev–Trinajstić information content (AvgIpc) is 2.76. The second-order valence-corrected chi connectivity index (χ2v) is 7.17. The van der Waals surface area contributed by atoms with Crippen LogP contribution in [0.3, 0.4) is 0 Å². The molecule has 1 fully saturated rings. The average molecular weight is 397 g/mol. The Morgan fingerprint density at radius 3 is 2.83 bits per heavy atom. The Kier molecular flexibility index (Phi) is 7.25. The molecule has 1 saturated heterocycles. The summed E-state index contributed by atoms with van der Waals surface area (Å²) < 4.78 is 11.0. The standard InChI is InChI=1S/C23H27NO5/c1-28-14-12-17-7-2-3-9-19(17)23(27)24-13-5-4-8-18(24)16-29-22-11-6-10-21(26)20(22)15-25/h2-3,6-7,9-11,15,18,26H,4-5,8,12-14,16H2,1H3/t18-/m0/s1. The molecule has 1 atom stereocenters. The molecule has 1 N–H and O–H groups in total. The zero-order valence-electron chi connectivity index (χ0n) is 16.7. The summed E-state index contributed by atoms with van der Waals surface area (Å²) in [7, 11) is 1.65. The number of amides is 1. The van der Waals surface area contributed by atoms with E-state index < -0.39 is 0 Å². The third-order valence-electron chi connectivity index (χ3n) is 5.30. The Morgan fingerprint density at radius 2 is 2.03 bits per heavy atom. The summed E-state index contributed by atoms with van der Waals surface area (Å²) in [4.78, 5) is 26.5. The van der Waals surface area contributed by atoms with Crippen molar-refractivity contribution in [3.8, 4) is 11.5 Å². The van der Waals surface area contributed by atoms with Crippen LogP contribution < -0.4 is 4.74 Å². The number of hydrogen-bond donors (Lipinski definition) is 1. The molecule has 0 spiro atoms. The van der Waals surface area contributed by atoms with Gasteiger partial charge in [0.15, 0.2) is 6.29 Å². The fraction of sp³-hybridized carbons (Fsp3) is 0.391. The lowest BCUT2D eigenvalue weighted by Crippen LogP contribution is -2.47. The normalized spacial score (nSPS) is 16.4. The molecule has 0 radical (unpaired) electrons. The highest BCUT2D eigenvalue weighted by Crippen LogP contribution is 2.27. The van der Waals surface area contributed by atoms with E-state index in [1.807, 2.05) is 29.2 Å². The molecule has 1 heterocycles. The second kappa shape index (κ2) is 10.1. The van der Waals surface area contributed by atoms with Crippen molar-refractivity contribution in [2.24, 2.45) is 0 Å². The van der Waals surface area contributed by atoms with Crippen LogP contribution in [0, 0.1) is 0 Å². The van der Waals surface area contributed by atoms with E-state index in [2.05, 4.69) is 0 Å². The predicted molar refractivity (Wildman–Crippen MR) is 110 cm³/mol. The van der Waals surface area contributed by atoms with Gasteiger partial charge in [-0.05, 0) is 49.4 Å². The molecular weight excluding hydrogens is 370 g/mol. The van der Waals surface area contributed by atoms with Gasteiger partial charge in [0.1, 0.15) is 18.1 Å². The van der Waals surface area contributed by atoms with Gasteiger partial charge in [-0.2, -0.15) is 0 Å². The maximum Gasteiger partial charge on any atom is 0.254 e. The smallest absolute Gasteiger partial charge is 0.254 e. The fourth-order valence-corrected chi connectivity index (χ4v) is 3.72. The van der Waals surface area contributed by atoms with Gasteiger partial charge in [0, 0.05) is 19.2 Å². The predicted octanol–water partition coefficient (Wildman–Crippen LogP) is 3.47. The number of aldehydes is 1. The van der Waals surface area contributed by atoms with Crippen molar-refractivity contribution in [3.05, 3.63) is 59.2 Å². The lowest BCUT2D eigenvalue weighted by Gasteiger charge is -2.36. The van der Waals surface area contributed by atoms with Crippen LogP contribution in [0.15, 0.2) is 42.5 Å². The van der Waals surface area contributed by atoms with Crippen LogP contribution in [0.4, 0.5) is 0 Å². The van der Waals surface area contributed by atoms with E-state index in [9.17, 15) is 14.7 Å². The molecule has 2 aromatic rings. The number of benzene rings is 2. The molecule has 1 aliphatic rings. The molecule has 0 aromatic heterocycles. The van der Waals surface area contributed by atoms with Gasteiger partial charge >= 0.3 is 0 Å². The number of phenolic OH excluding ortho intramolecular Hbond substituents is 1. The number of ether oxygens (including phenoxy) is 2. The molecule has 29 heavy (non-hydrogen) atoms. The summed E-state index contributed by atoms with van der Waals surface area (Å²) in [5, 5.41) is 9.83. The van der Waals surface area contributed by atoms with Crippen LogP contribution in [0.25, 0.3) is 0 Å². The van der Waals surface area contributed by atoms with Gasteiger partial charge in [0.05, 0.1) is 18.2 Å². The van der Waals surface area contributed by atoms with E-state index in [4.69, 9.17) is 9.47 Å². The first-order valence-corrected chi connectivity index (χ1v) is 9.93. The Bertz CT molecular complexity index is 851. The van der Waals surface area contributed by atoms with Crippen LogP contribution in [-0.4, -0.2) is 55.1 Å². The number of aromatic hydroxyl groups is 1. The summed E-state index contributed by atoms with van der Waals surface area (Å²) in [6, 6.07) is 12.3. The van der Waals surface area contributed by atoms with Crippen LogP contribution in [0.2, 0.25) is 0 Å². The summed E-state index contributed by atoms with van der Waals surface area (Å²) >= 11 is 0. The van der Waals surface area contributed by atoms with E-state index >= 15 is 0 Å². The summed E-state index contributed by atoms with van der Waals surface area (Å²) in [5.41, 5.74) is 1.80. The number of nitrogens with zero attached hydrogens (tertiary/aromatic N) is 1. The Hall–Kier alpha value is -2.86. The third kappa shape index (κ3) is 4.95. The molecule has 154 valence electrons. The van der Waals surface area contributed by atoms with Gasteiger partial charge in [0.2, 0.25) is 0 Å². The third-order valence-corrected chi connectivity index (χ3v) is 5.30. The van der Waals surface area contributed by atoms with E-state index in [0.29, 0.717) is 37.2 Å². The van der Waals surface area contributed by atoms with Crippen LogP contribution in [0.5, 0.6) is 11.5 Å². The molecule has 6 nitrogen and oxygen atoms in total. The van der Waals surface area contributed by atoms with E-state index in [-0.39, 0.29) is 29.9 Å². The molecule has 3 rings (SSSR count). The first-order chi connectivity index (χ1) is 14.2. The van der Waals surface area contributed by atoms with Gasteiger partial charge in [-0.15, -0.1) is 0 Å². The molecule has 0 aliphatic carbocycles. The number of phenols is 1. The molecule has 0 unspecified atom stereocenters. The highest BCUT2D eigenvalue weighted by atomic mass is 16.5. The lowest BCUT2D eigenvalue weighted by atomic mass is 9.98. The minimum Gasteiger partial charge on any atom is -0.507 e. The van der Waals surface area contributed by atoms with Gasteiger partial charge in [-0.3, -0.25) is 9.59 Å². The van der Waals surface area contributed by atoms with E-state index in [0.717, 1.165) is 24.8 Å².